The lowest BCUT2D eigenvalue weighted by Gasteiger charge is -2.05. The van der Waals surface area contributed by atoms with Crippen LogP contribution >= 0.6 is 0 Å². The topological polar surface area (TPSA) is 26.3 Å². The van der Waals surface area contributed by atoms with E-state index in [9.17, 15) is 4.79 Å². The van der Waals surface area contributed by atoms with E-state index in [2.05, 4.69) is 33.8 Å². The van der Waals surface area contributed by atoms with Gasteiger partial charge in [0.1, 0.15) is 0 Å². The summed E-state index contributed by atoms with van der Waals surface area (Å²) in [6.45, 7) is 9.20. The molecule has 0 radical (unpaired) electrons. The molecular weight excluding hydrogens is 236 g/mol. The number of benzene rings is 1. The van der Waals surface area contributed by atoms with Crippen LogP contribution < -0.4 is 0 Å². The second-order valence-electron chi connectivity index (χ2n) is 6.16. The maximum absolute atomic E-state index is 11.9. The Kier molecular flexibility index (Phi) is 3.79. The van der Waals surface area contributed by atoms with Crippen LogP contribution in [0.1, 0.15) is 38.1 Å². The van der Waals surface area contributed by atoms with Gasteiger partial charge in [-0.25, -0.2) is 4.79 Å². The highest BCUT2D eigenvalue weighted by Gasteiger charge is 2.56. The Hall–Kier alpha value is -1.57. The summed E-state index contributed by atoms with van der Waals surface area (Å²) >= 11 is 0. The van der Waals surface area contributed by atoms with Crippen LogP contribution in [-0.4, -0.2) is 12.6 Å². The lowest BCUT2D eigenvalue weighted by molar-refractivity contribution is 0.0471. The zero-order chi connectivity index (χ0) is 14.0. The third kappa shape index (κ3) is 3.06. The predicted octanol–water partition coefficient (Wildman–Crippen LogP) is 4.08. The van der Waals surface area contributed by atoms with Crippen LogP contribution in [0, 0.1) is 17.3 Å². The molecule has 1 aliphatic rings. The van der Waals surface area contributed by atoms with Gasteiger partial charge in [0.05, 0.1) is 12.2 Å². The van der Waals surface area contributed by atoms with E-state index in [-0.39, 0.29) is 11.4 Å². The van der Waals surface area contributed by atoms with Gasteiger partial charge in [0.25, 0.3) is 0 Å². The SMILES string of the molecule is CC(C)=C[C@@H]1[C@@H](COC(=O)c2ccccc2)C1(C)C. The maximum Gasteiger partial charge on any atom is 0.338 e. The van der Waals surface area contributed by atoms with Crippen LogP contribution in [0.5, 0.6) is 0 Å². The van der Waals surface area contributed by atoms with Crippen molar-refractivity contribution in [3.8, 4) is 0 Å². The molecule has 0 amide bonds. The summed E-state index contributed by atoms with van der Waals surface area (Å²) in [5.41, 5.74) is 2.20. The van der Waals surface area contributed by atoms with Crippen molar-refractivity contribution >= 4 is 5.97 Å². The molecule has 1 aromatic rings. The molecule has 0 bridgehead atoms. The van der Waals surface area contributed by atoms with Gasteiger partial charge in [-0.15, -0.1) is 0 Å². The van der Waals surface area contributed by atoms with Gasteiger partial charge in [-0.1, -0.05) is 43.7 Å². The van der Waals surface area contributed by atoms with E-state index in [4.69, 9.17) is 4.74 Å². The van der Waals surface area contributed by atoms with Crippen molar-refractivity contribution in [2.24, 2.45) is 17.3 Å². The van der Waals surface area contributed by atoms with Gasteiger partial charge in [-0.2, -0.15) is 0 Å². The maximum atomic E-state index is 11.9. The fourth-order valence-electron chi connectivity index (χ4n) is 2.62. The van der Waals surface area contributed by atoms with E-state index in [0.29, 0.717) is 24.0 Å². The molecule has 2 heteroatoms. The lowest BCUT2D eigenvalue weighted by atomic mass is 10.1. The molecule has 0 aliphatic heterocycles. The first-order valence-corrected chi connectivity index (χ1v) is 6.80. The van der Waals surface area contributed by atoms with Crippen molar-refractivity contribution in [1.29, 1.82) is 0 Å². The number of carbonyl (C=O) groups is 1. The first-order chi connectivity index (χ1) is 8.93. The Balaban J connectivity index is 1.91. The van der Waals surface area contributed by atoms with Crippen molar-refractivity contribution in [3.05, 3.63) is 47.5 Å². The largest absolute Gasteiger partial charge is 0.462 e. The van der Waals surface area contributed by atoms with Crippen LogP contribution in [0.2, 0.25) is 0 Å². The second kappa shape index (κ2) is 5.20. The number of esters is 1. The van der Waals surface area contributed by atoms with E-state index < -0.39 is 0 Å². The van der Waals surface area contributed by atoms with Gasteiger partial charge in [-0.05, 0) is 37.3 Å². The van der Waals surface area contributed by atoms with Crippen LogP contribution in [-0.2, 0) is 4.74 Å². The highest BCUT2D eigenvalue weighted by molar-refractivity contribution is 5.89. The van der Waals surface area contributed by atoms with Gasteiger partial charge in [0.2, 0.25) is 0 Å². The summed E-state index contributed by atoms with van der Waals surface area (Å²) in [7, 11) is 0. The molecule has 2 atom stereocenters. The Bertz CT molecular complexity index is 481. The average molecular weight is 258 g/mol. The van der Waals surface area contributed by atoms with Gasteiger partial charge < -0.3 is 4.74 Å². The van der Waals surface area contributed by atoms with Crippen LogP contribution in [0.4, 0.5) is 0 Å². The number of allylic oxidation sites excluding steroid dienone is 2. The highest BCUT2D eigenvalue weighted by atomic mass is 16.5. The molecule has 0 aromatic heterocycles. The fourth-order valence-corrected chi connectivity index (χ4v) is 2.62. The minimum absolute atomic E-state index is 0.223. The first kappa shape index (κ1) is 13.9. The molecule has 0 N–H and O–H groups in total. The Labute approximate surface area is 115 Å². The summed E-state index contributed by atoms with van der Waals surface area (Å²) in [6.07, 6.45) is 2.29. The van der Waals surface area contributed by atoms with Gasteiger partial charge >= 0.3 is 5.97 Å². The van der Waals surface area contributed by atoms with Crippen molar-refractivity contribution in [1.82, 2.24) is 0 Å². The van der Waals surface area contributed by atoms with E-state index >= 15 is 0 Å². The number of hydrogen-bond donors (Lipinski definition) is 0. The third-order valence-corrected chi connectivity index (χ3v) is 4.06. The molecule has 1 aromatic carbocycles. The van der Waals surface area contributed by atoms with E-state index in [1.165, 1.54) is 5.57 Å². The summed E-state index contributed by atoms with van der Waals surface area (Å²) in [4.78, 5) is 11.9. The van der Waals surface area contributed by atoms with Crippen molar-refractivity contribution in [2.45, 2.75) is 27.7 Å². The molecule has 2 rings (SSSR count). The molecule has 0 heterocycles. The number of carbonyl (C=O) groups excluding carboxylic acids is 1. The highest BCUT2D eigenvalue weighted by Crippen LogP contribution is 2.59. The normalized spacial score (nSPS) is 23.6. The van der Waals surface area contributed by atoms with Crippen molar-refractivity contribution < 1.29 is 9.53 Å². The number of hydrogen-bond acceptors (Lipinski definition) is 2. The number of rotatable bonds is 4. The molecule has 102 valence electrons. The first-order valence-electron chi connectivity index (χ1n) is 6.80. The monoisotopic (exact) mass is 258 g/mol. The fraction of sp³-hybridized carbons (Fsp3) is 0.471. The summed E-state index contributed by atoms with van der Waals surface area (Å²) in [6, 6.07) is 9.17. The minimum atomic E-state index is -0.223. The molecule has 1 fully saturated rings. The molecule has 2 nitrogen and oxygen atoms in total. The summed E-state index contributed by atoms with van der Waals surface area (Å²) < 4.78 is 5.43. The molecular formula is C17H22O2. The average Bonchev–Trinajstić information content (AvgIpc) is 2.87. The van der Waals surface area contributed by atoms with Crippen LogP contribution in [0.25, 0.3) is 0 Å². The van der Waals surface area contributed by atoms with Crippen molar-refractivity contribution in [3.63, 3.8) is 0 Å². The second-order valence-corrected chi connectivity index (χ2v) is 6.16. The van der Waals surface area contributed by atoms with Gasteiger partial charge in [-0.3, -0.25) is 0 Å². The summed E-state index contributed by atoms with van der Waals surface area (Å²) in [5.74, 6) is 0.746. The zero-order valence-electron chi connectivity index (χ0n) is 12.1. The Morgan fingerprint density at radius 1 is 1.26 bits per heavy atom. The van der Waals surface area contributed by atoms with Gasteiger partial charge in [0, 0.05) is 5.92 Å². The third-order valence-electron chi connectivity index (χ3n) is 4.06. The zero-order valence-corrected chi connectivity index (χ0v) is 12.1. The van der Waals surface area contributed by atoms with Crippen LogP contribution in [0.3, 0.4) is 0 Å². The smallest absolute Gasteiger partial charge is 0.338 e. The molecule has 0 unspecified atom stereocenters. The lowest BCUT2D eigenvalue weighted by Crippen LogP contribution is -2.09. The Morgan fingerprint density at radius 2 is 1.89 bits per heavy atom. The summed E-state index contributed by atoms with van der Waals surface area (Å²) in [5, 5.41) is 0. The Morgan fingerprint density at radius 3 is 2.47 bits per heavy atom. The van der Waals surface area contributed by atoms with E-state index in [1.54, 1.807) is 12.1 Å². The van der Waals surface area contributed by atoms with Crippen LogP contribution in [0.15, 0.2) is 42.0 Å². The van der Waals surface area contributed by atoms with Crippen molar-refractivity contribution in [2.75, 3.05) is 6.61 Å². The predicted molar refractivity (Wildman–Crippen MR) is 76.9 cm³/mol. The molecule has 1 saturated carbocycles. The molecule has 19 heavy (non-hydrogen) atoms. The minimum Gasteiger partial charge on any atom is -0.462 e. The molecule has 0 spiro atoms. The van der Waals surface area contributed by atoms with E-state index in [1.807, 2.05) is 18.2 Å². The van der Waals surface area contributed by atoms with E-state index in [0.717, 1.165) is 0 Å². The number of ether oxygens (including phenoxy) is 1. The van der Waals surface area contributed by atoms with Gasteiger partial charge in [0.15, 0.2) is 0 Å². The molecule has 1 aliphatic carbocycles. The standard InChI is InChI=1S/C17H22O2/c1-12(2)10-14-15(17(14,3)4)11-19-16(18)13-8-6-5-7-9-13/h5-10,14-15H,11H2,1-4H3/t14-,15-/m1/s1. The molecule has 0 saturated heterocycles. The quantitative estimate of drug-likeness (QED) is 0.601.